The lowest BCUT2D eigenvalue weighted by Crippen LogP contribution is -2.47. The Kier molecular flexibility index (Phi) is 3.78. The molecule has 1 aromatic heterocycles. The van der Waals surface area contributed by atoms with Crippen LogP contribution in [0.3, 0.4) is 0 Å². The van der Waals surface area contributed by atoms with Crippen molar-refractivity contribution in [3.05, 3.63) is 17.5 Å². The molecule has 1 N–H and O–H groups in total. The number of aromatic nitrogens is 2. The number of hydrogen-bond donors (Lipinski definition) is 1. The number of likely N-dealkylation sites (N-methyl/N-ethyl adjacent to an activating group) is 1. The number of H-pyrrole nitrogens is 1. The minimum Gasteiger partial charge on any atom is -0.334 e. The fraction of sp³-hybridized carbons (Fsp3) is 0.733. The van der Waals surface area contributed by atoms with E-state index < -0.39 is 0 Å². The molecule has 0 radical (unpaired) electrons. The van der Waals surface area contributed by atoms with Gasteiger partial charge in [0.05, 0.1) is 11.8 Å². The summed E-state index contributed by atoms with van der Waals surface area (Å²) in [5.74, 6) is 0.165. The molecule has 2 atom stereocenters. The van der Waals surface area contributed by atoms with Gasteiger partial charge in [0.25, 0.3) is 5.91 Å². The number of carbonyl (C=O) groups excluding carboxylic acids is 1. The topological polar surface area (TPSA) is 52.2 Å². The molecule has 0 saturated carbocycles. The van der Waals surface area contributed by atoms with Gasteiger partial charge in [-0.2, -0.15) is 5.10 Å². The first-order chi connectivity index (χ1) is 9.72. The van der Waals surface area contributed by atoms with Crippen molar-refractivity contribution in [2.75, 3.05) is 20.1 Å². The number of aromatic amines is 1. The molecule has 0 aromatic carbocycles. The van der Waals surface area contributed by atoms with Gasteiger partial charge in [0.2, 0.25) is 0 Å². The monoisotopic (exact) mass is 276 g/mol. The highest BCUT2D eigenvalue weighted by Crippen LogP contribution is 2.30. The van der Waals surface area contributed by atoms with Crippen LogP contribution in [0.5, 0.6) is 0 Å². The summed E-state index contributed by atoms with van der Waals surface area (Å²) in [6.07, 6.45) is 7.25. The summed E-state index contributed by atoms with van der Waals surface area (Å²) in [7, 11) is 2.19. The third-order valence-electron chi connectivity index (χ3n) is 4.88. The maximum atomic E-state index is 12.8. The highest BCUT2D eigenvalue weighted by Gasteiger charge is 2.39. The maximum Gasteiger partial charge on any atom is 0.257 e. The second-order valence-electron chi connectivity index (χ2n) is 6.01. The van der Waals surface area contributed by atoms with Crippen LogP contribution in [0.2, 0.25) is 0 Å². The van der Waals surface area contributed by atoms with Gasteiger partial charge in [-0.05, 0) is 45.7 Å². The summed E-state index contributed by atoms with van der Waals surface area (Å²) in [5.41, 5.74) is 1.72. The van der Waals surface area contributed by atoms with E-state index in [0.717, 1.165) is 43.6 Å². The number of hydrogen-bond acceptors (Lipinski definition) is 3. The highest BCUT2D eigenvalue weighted by molar-refractivity contribution is 5.95. The lowest BCUT2D eigenvalue weighted by Gasteiger charge is -2.33. The molecule has 2 saturated heterocycles. The first-order valence-corrected chi connectivity index (χ1v) is 7.75. The number of carbonyl (C=O) groups is 1. The van der Waals surface area contributed by atoms with Gasteiger partial charge in [-0.3, -0.25) is 9.89 Å². The third kappa shape index (κ3) is 2.24. The number of amides is 1. The maximum absolute atomic E-state index is 12.8. The summed E-state index contributed by atoms with van der Waals surface area (Å²) in [5, 5.41) is 6.99. The molecule has 110 valence electrons. The number of nitrogens with one attached hydrogen (secondary N) is 1. The number of aryl methyl sites for hydroxylation is 1. The smallest absolute Gasteiger partial charge is 0.257 e. The fourth-order valence-corrected chi connectivity index (χ4v) is 3.79. The van der Waals surface area contributed by atoms with E-state index in [2.05, 4.69) is 34.0 Å². The lowest BCUT2D eigenvalue weighted by atomic mass is 10.0. The molecular weight excluding hydrogens is 252 g/mol. The van der Waals surface area contributed by atoms with Gasteiger partial charge < -0.3 is 9.80 Å². The number of rotatable bonds is 3. The molecule has 1 aromatic rings. The van der Waals surface area contributed by atoms with Crippen molar-refractivity contribution in [2.24, 2.45) is 0 Å². The quantitative estimate of drug-likeness (QED) is 0.913. The van der Waals surface area contributed by atoms with E-state index in [9.17, 15) is 4.79 Å². The predicted molar refractivity (Wildman–Crippen MR) is 77.7 cm³/mol. The molecule has 20 heavy (non-hydrogen) atoms. The van der Waals surface area contributed by atoms with E-state index in [4.69, 9.17) is 0 Å². The van der Waals surface area contributed by atoms with Gasteiger partial charge in [0, 0.05) is 24.3 Å². The van der Waals surface area contributed by atoms with E-state index in [1.807, 2.05) is 0 Å². The Morgan fingerprint density at radius 1 is 1.35 bits per heavy atom. The molecule has 3 heterocycles. The summed E-state index contributed by atoms with van der Waals surface area (Å²) in [6.45, 7) is 4.10. The molecule has 0 aliphatic carbocycles. The Labute approximate surface area is 120 Å². The fourth-order valence-electron chi connectivity index (χ4n) is 3.79. The van der Waals surface area contributed by atoms with Crippen LogP contribution in [0, 0.1) is 0 Å². The van der Waals surface area contributed by atoms with Crippen LogP contribution >= 0.6 is 0 Å². The van der Waals surface area contributed by atoms with Crippen molar-refractivity contribution in [2.45, 2.75) is 51.1 Å². The van der Waals surface area contributed by atoms with Crippen LogP contribution < -0.4 is 0 Å². The van der Waals surface area contributed by atoms with Crippen molar-refractivity contribution in [1.29, 1.82) is 0 Å². The van der Waals surface area contributed by atoms with E-state index in [1.54, 1.807) is 6.20 Å². The Morgan fingerprint density at radius 2 is 2.10 bits per heavy atom. The second kappa shape index (κ2) is 5.56. The standard InChI is InChI=1S/C15H24N4O/c1-3-12-11(10-16-17-12)15(20)19-9-5-7-14(19)13-6-4-8-18(13)2/h10,13-14H,3-9H2,1-2H3,(H,16,17)/t13-,14-/m0/s1. The van der Waals surface area contributed by atoms with Gasteiger partial charge in [-0.25, -0.2) is 0 Å². The first-order valence-electron chi connectivity index (χ1n) is 7.75. The van der Waals surface area contributed by atoms with Crippen LogP contribution in [-0.4, -0.2) is 58.1 Å². The van der Waals surface area contributed by atoms with Crippen molar-refractivity contribution in [1.82, 2.24) is 20.0 Å². The van der Waals surface area contributed by atoms with Crippen molar-refractivity contribution in [3.63, 3.8) is 0 Å². The minimum absolute atomic E-state index is 0.165. The van der Waals surface area contributed by atoms with E-state index in [-0.39, 0.29) is 5.91 Å². The Balaban J connectivity index is 1.80. The van der Waals surface area contributed by atoms with Crippen LogP contribution in [0.15, 0.2) is 6.20 Å². The molecule has 2 aliphatic rings. The van der Waals surface area contributed by atoms with E-state index >= 15 is 0 Å². The van der Waals surface area contributed by atoms with Gasteiger partial charge in [-0.1, -0.05) is 6.92 Å². The van der Waals surface area contributed by atoms with Gasteiger partial charge in [-0.15, -0.1) is 0 Å². The zero-order valence-electron chi connectivity index (χ0n) is 12.4. The molecule has 2 fully saturated rings. The Morgan fingerprint density at radius 3 is 2.80 bits per heavy atom. The molecule has 3 rings (SSSR count). The van der Waals surface area contributed by atoms with E-state index in [0.29, 0.717) is 12.1 Å². The average molecular weight is 276 g/mol. The molecule has 1 amide bonds. The predicted octanol–water partition coefficient (Wildman–Crippen LogP) is 1.67. The SMILES string of the molecule is CCc1[nH]ncc1C(=O)N1CCC[C@H]1[C@@H]1CCCN1C. The van der Waals surface area contributed by atoms with Crippen LogP contribution in [0.4, 0.5) is 0 Å². The van der Waals surface area contributed by atoms with Crippen molar-refractivity contribution >= 4 is 5.91 Å². The molecule has 5 heteroatoms. The summed E-state index contributed by atoms with van der Waals surface area (Å²) >= 11 is 0. The summed E-state index contributed by atoms with van der Waals surface area (Å²) in [6, 6.07) is 0.924. The molecule has 0 unspecified atom stereocenters. The number of likely N-dealkylation sites (tertiary alicyclic amines) is 2. The summed E-state index contributed by atoms with van der Waals surface area (Å²) < 4.78 is 0. The van der Waals surface area contributed by atoms with Crippen LogP contribution in [0.25, 0.3) is 0 Å². The summed E-state index contributed by atoms with van der Waals surface area (Å²) in [4.78, 5) is 17.3. The van der Waals surface area contributed by atoms with Gasteiger partial charge in [0.15, 0.2) is 0 Å². The van der Waals surface area contributed by atoms with Gasteiger partial charge in [0.1, 0.15) is 0 Å². The minimum atomic E-state index is 0.165. The largest absolute Gasteiger partial charge is 0.334 e. The van der Waals surface area contributed by atoms with Gasteiger partial charge >= 0.3 is 0 Å². The zero-order valence-corrected chi connectivity index (χ0v) is 12.4. The van der Waals surface area contributed by atoms with Crippen molar-refractivity contribution < 1.29 is 4.79 Å². The lowest BCUT2D eigenvalue weighted by molar-refractivity contribution is 0.0663. The molecule has 2 aliphatic heterocycles. The van der Waals surface area contributed by atoms with Crippen LogP contribution in [0.1, 0.15) is 48.7 Å². The molecule has 5 nitrogen and oxygen atoms in total. The molecular formula is C15H24N4O. The van der Waals surface area contributed by atoms with E-state index in [1.165, 1.54) is 12.8 Å². The Hall–Kier alpha value is -1.36. The zero-order chi connectivity index (χ0) is 14.1. The third-order valence-corrected chi connectivity index (χ3v) is 4.88. The first kappa shape index (κ1) is 13.6. The van der Waals surface area contributed by atoms with Crippen LogP contribution in [-0.2, 0) is 6.42 Å². The number of nitrogens with zero attached hydrogens (tertiary/aromatic N) is 3. The average Bonchev–Trinajstić information content (AvgIpc) is 3.17. The molecule has 0 bridgehead atoms. The normalized spacial score (nSPS) is 27.4. The van der Waals surface area contributed by atoms with Crippen molar-refractivity contribution in [3.8, 4) is 0 Å². The molecule has 0 spiro atoms. The second-order valence-corrected chi connectivity index (χ2v) is 6.01. The highest BCUT2D eigenvalue weighted by atomic mass is 16.2. The Bertz CT molecular complexity index is 484.